The Labute approximate surface area is 152 Å². The van der Waals surface area contributed by atoms with E-state index in [0.29, 0.717) is 6.07 Å². The SMILES string of the molecule is NS(=O)(=O)c1cc(C(=O)O)cc(NCc2ccccc2)c1OCC(F)(F)F. The summed E-state index contributed by atoms with van der Waals surface area (Å²) >= 11 is 0. The maximum atomic E-state index is 12.5. The monoisotopic (exact) mass is 404 g/mol. The molecule has 27 heavy (non-hydrogen) atoms. The first-order chi connectivity index (χ1) is 12.5. The lowest BCUT2D eigenvalue weighted by Crippen LogP contribution is -2.22. The third kappa shape index (κ3) is 5.86. The Bertz CT molecular complexity index is 931. The van der Waals surface area contributed by atoms with Crippen molar-refractivity contribution in [3.63, 3.8) is 0 Å². The fourth-order valence-electron chi connectivity index (χ4n) is 2.16. The Morgan fingerprint density at radius 2 is 1.81 bits per heavy atom. The molecule has 0 aliphatic carbocycles. The van der Waals surface area contributed by atoms with Crippen molar-refractivity contribution in [3.8, 4) is 5.75 Å². The van der Waals surface area contributed by atoms with Crippen LogP contribution in [0.4, 0.5) is 18.9 Å². The maximum absolute atomic E-state index is 12.5. The van der Waals surface area contributed by atoms with Crippen molar-refractivity contribution in [2.75, 3.05) is 11.9 Å². The Morgan fingerprint density at radius 1 is 1.19 bits per heavy atom. The smallest absolute Gasteiger partial charge is 0.422 e. The Morgan fingerprint density at radius 3 is 2.33 bits per heavy atom. The highest BCUT2D eigenvalue weighted by Gasteiger charge is 2.31. The molecule has 4 N–H and O–H groups in total. The largest absolute Gasteiger partial charge is 0.481 e. The minimum absolute atomic E-state index is 0.0797. The summed E-state index contributed by atoms with van der Waals surface area (Å²) in [7, 11) is -4.56. The summed E-state index contributed by atoms with van der Waals surface area (Å²) in [4.78, 5) is 10.4. The van der Waals surface area contributed by atoms with Crippen molar-refractivity contribution in [1.82, 2.24) is 0 Å². The van der Waals surface area contributed by atoms with Gasteiger partial charge in [-0.15, -0.1) is 0 Å². The molecule has 0 fully saturated rings. The molecule has 0 heterocycles. The number of sulfonamides is 1. The summed E-state index contributed by atoms with van der Waals surface area (Å²) < 4.78 is 65.8. The van der Waals surface area contributed by atoms with Gasteiger partial charge in [-0.3, -0.25) is 0 Å². The summed E-state index contributed by atoms with van der Waals surface area (Å²) in [5.41, 5.74) is -0.00173. The van der Waals surface area contributed by atoms with Crippen molar-refractivity contribution < 1.29 is 36.2 Å². The van der Waals surface area contributed by atoms with Crippen LogP contribution in [0.1, 0.15) is 15.9 Å². The van der Waals surface area contributed by atoms with E-state index in [1.165, 1.54) is 0 Å². The van der Waals surface area contributed by atoms with Crippen LogP contribution < -0.4 is 15.2 Å². The van der Waals surface area contributed by atoms with Crippen LogP contribution in [-0.4, -0.2) is 32.3 Å². The predicted molar refractivity (Wildman–Crippen MR) is 90.1 cm³/mol. The number of carboxylic acid groups (broad SMARTS) is 1. The van der Waals surface area contributed by atoms with Gasteiger partial charge in [0.2, 0.25) is 10.0 Å². The highest BCUT2D eigenvalue weighted by molar-refractivity contribution is 7.89. The molecule has 0 atom stereocenters. The van der Waals surface area contributed by atoms with Crippen molar-refractivity contribution >= 4 is 21.7 Å². The second kappa shape index (κ2) is 7.84. The van der Waals surface area contributed by atoms with E-state index in [4.69, 9.17) is 10.2 Å². The van der Waals surface area contributed by atoms with Crippen LogP contribution in [0.2, 0.25) is 0 Å². The van der Waals surface area contributed by atoms with E-state index < -0.39 is 45.0 Å². The number of rotatable bonds is 7. The van der Waals surface area contributed by atoms with Gasteiger partial charge in [-0.05, 0) is 17.7 Å². The number of nitrogens with one attached hydrogen (secondary N) is 1. The fourth-order valence-corrected chi connectivity index (χ4v) is 2.88. The van der Waals surface area contributed by atoms with Crippen LogP contribution in [0.3, 0.4) is 0 Å². The first kappa shape index (κ1) is 20.5. The maximum Gasteiger partial charge on any atom is 0.422 e. The van der Waals surface area contributed by atoms with Crippen LogP contribution in [-0.2, 0) is 16.6 Å². The number of hydrogen-bond acceptors (Lipinski definition) is 5. The third-order valence-corrected chi connectivity index (χ3v) is 4.23. The van der Waals surface area contributed by atoms with Gasteiger partial charge < -0.3 is 15.2 Å². The predicted octanol–water partition coefficient (Wildman–Crippen LogP) is 2.59. The number of aromatic carboxylic acids is 1. The fraction of sp³-hybridized carbons (Fsp3) is 0.188. The average Bonchev–Trinajstić information content (AvgIpc) is 2.57. The summed E-state index contributed by atoms with van der Waals surface area (Å²) in [6.45, 7) is -1.70. The molecular weight excluding hydrogens is 389 g/mol. The molecule has 0 saturated carbocycles. The summed E-state index contributed by atoms with van der Waals surface area (Å²) in [6, 6.07) is 10.3. The standard InChI is InChI=1S/C16H15F3N2O5S/c17-16(18,19)9-26-14-12(21-8-10-4-2-1-3-5-10)6-11(15(22)23)7-13(14)27(20,24)25/h1-7,21H,8-9H2,(H,22,23)(H2,20,24,25). The molecule has 146 valence electrons. The zero-order valence-corrected chi connectivity index (χ0v) is 14.5. The molecule has 0 aromatic heterocycles. The Kier molecular flexibility index (Phi) is 5.96. The van der Waals surface area contributed by atoms with Crippen molar-refractivity contribution in [2.24, 2.45) is 5.14 Å². The summed E-state index contributed by atoms with van der Waals surface area (Å²) in [5, 5.41) is 16.9. The third-order valence-electron chi connectivity index (χ3n) is 3.31. The number of anilines is 1. The first-order valence-corrected chi connectivity index (χ1v) is 8.93. The van der Waals surface area contributed by atoms with Crippen LogP contribution in [0.15, 0.2) is 47.4 Å². The van der Waals surface area contributed by atoms with E-state index in [1.54, 1.807) is 30.3 Å². The van der Waals surface area contributed by atoms with Crippen molar-refractivity contribution in [1.29, 1.82) is 0 Å². The van der Waals surface area contributed by atoms with Crippen LogP contribution in [0, 0.1) is 0 Å². The molecule has 0 aliphatic rings. The number of nitrogens with two attached hydrogens (primary N) is 1. The van der Waals surface area contributed by atoms with Gasteiger partial charge in [-0.1, -0.05) is 30.3 Å². The van der Waals surface area contributed by atoms with E-state index in [9.17, 15) is 26.4 Å². The first-order valence-electron chi connectivity index (χ1n) is 7.39. The summed E-state index contributed by atoms with van der Waals surface area (Å²) in [6.07, 6.45) is -4.74. The van der Waals surface area contributed by atoms with Gasteiger partial charge in [0.1, 0.15) is 4.90 Å². The molecule has 2 rings (SSSR count). The van der Waals surface area contributed by atoms with Crippen LogP contribution in [0.5, 0.6) is 5.75 Å². The van der Waals surface area contributed by atoms with Crippen molar-refractivity contribution in [3.05, 3.63) is 53.6 Å². The zero-order chi connectivity index (χ0) is 20.2. The number of hydrogen-bond donors (Lipinski definition) is 3. The van der Waals surface area contributed by atoms with Gasteiger partial charge in [-0.2, -0.15) is 13.2 Å². The molecule has 0 bridgehead atoms. The average molecular weight is 404 g/mol. The molecule has 2 aromatic rings. The van der Waals surface area contributed by atoms with E-state index in [-0.39, 0.29) is 12.2 Å². The number of primary sulfonamides is 1. The van der Waals surface area contributed by atoms with Gasteiger partial charge in [0, 0.05) is 6.54 Å². The molecule has 2 aromatic carbocycles. The quantitative estimate of drug-likeness (QED) is 0.653. The van der Waals surface area contributed by atoms with Gasteiger partial charge >= 0.3 is 12.1 Å². The second-order valence-electron chi connectivity index (χ2n) is 5.44. The number of carbonyl (C=O) groups is 1. The molecule has 0 spiro atoms. The van der Waals surface area contributed by atoms with Gasteiger partial charge in [0.15, 0.2) is 12.4 Å². The number of carboxylic acids is 1. The number of alkyl halides is 3. The Balaban J connectivity index is 2.51. The molecular formula is C16H15F3N2O5S. The lowest BCUT2D eigenvalue weighted by molar-refractivity contribution is -0.153. The second-order valence-corrected chi connectivity index (χ2v) is 6.97. The van der Waals surface area contributed by atoms with E-state index in [1.807, 2.05) is 0 Å². The van der Waals surface area contributed by atoms with Crippen LogP contribution >= 0.6 is 0 Å². The molecule has 0 aliphatic heterocycles. The molecule has 0 saturated heterocycles. The van der Waals surface area contributed by atoms with Crippen LogP contribution in [0.25, 0.3) is 0 Å². The highest BCUT2D eigenvalue weighted by atomic mass is 32.2. The molecule has 11 heteroatoms. The minimum atomic E-state index is -4.74. The highest BCUT2D eigenvalue weighted by Crippen LogP contribution is 2.35. The van der Waals surface area contributed by atoms with E-state index in [0.717, 1.165) is 11.6 Å². The topological polar surface area (TPSA) is 119 Å². The van der Waals surface area contributed by atoms with Crippen molar-refractivity contribution in [2.45, 2.75) is 17.6 Å². The molecule has 0 amide bonds. The lowest BCUT2D eigenvalue weighted by Gasteiger charge is -2.18. The van der Waals surface area contributed by atoms with E-state index >= 15 is 0 Å². The number of halogens is 3. The van der Waals surface area contributed by atoms with Gasteiger partial charge in [0.05, 0.1) is 11.3 Å². The van der Waals surface area contributed by atoms with Gasteiger partial charge in [-0.25, -0.2) is 18.4 Å². The van der Waals surface area contributed by atoms with E-state index in [2.05, 4.69) is 10.1 Å². The number of benzene rings is 2. The molecule has 0 unspecified atom stereocenters. The minimum Gasteiger partial charge on any atom is -0.481 e. The lowest BCUT2D eigenvalue weighted by atomic mass is 10.1. The number of ether oxygens (including phenoxy) is 1. The van der Waals surface area contributed by atoms with Gasteiger partial charge in [0.25, 0.3) is 0 Å². The zero-order valence-electron chi connectivity index (χ0n) is 13.7. The Hall–Kier alpha value is -2.79. The molecule has 7 nitrogen and oxygen atoms in total. The normalized spacial score (nSPS) is 11.9. The summed E-state index contributed by atoms with van der Waals surface area (Å²) in [5.74, 6) is -2.18. The molecule has 0 radical (unpaired) electrons.